The fourth-order valence-electron chi connectivity index (χ4n) is 4.44. The molecule has 13 heteroatoms. The van der Waals surface area contributed by atoms with Gasteiger partial charge in [0.25, 0.3) is 5.91 Å². The predicted octanol–water partition coefficient (Wildman–Crippen LogP) is 4.13. The lowest BCUT2D eigenvalue weighted by molar-refractivity contribution is -0.137. The number of halogens is 3. The first-order valence-corrected chi connectivity index (χ1v) is 12.9. The largest absolute Gasteiger partial charge is 0.416 e. The van der Waals surface area contributed by atoms with Gasteiger partial charge in [-0.2, -0.15) is 13.2 Å². The third kappa shape index (κ3) is 5.79. The Labute approximate surface area is 237 Å². The first-order valence-electron chi connectivity index (χ1n) is 12.9. The highest BCUT2D eigenvalue weighted by atomic mass is 19.4. The number of rotatable bonds is 4. The minimum Gasteiger partial charge on any atom is -0.378 e. The third-order valence-corrected chi connectivity index (χ3v) is 6.53. The Morgan fingerprint density at radius 2 is 1.86 bits per heavy atom. The molecule has 5 aromatic rings. The Kier molecular flexibility index (Phi) is 7.05. The van der Waals surface area contributed by atoms with Crippen molar-refractivity contribution in [3.63, 3.8) is 0 Å². The second-order valence-corrected chi connectivity index (χ2v) is 9.56. The molecule has 10 nitrogen and oxygen atoms in total. The molecule has 0 spiro atoms. The van der Waals surface area contributed by atoms with E-state index < -0.39 is 17.6 Å². The molecular weight excluding hydrogens is 549 g/mol. The van der Waals surface area contributed by atoms with Crippen molar-refractivity contribution >= 4 is 23.1 Å². The maximum absolute atomic E-state index is 13.6. The third-order valence-electron chi connectivity index (χ3n) is 6.53. The normalized spacial score (nSPS) is 13.6. The lowest BCUT2D eigenvalue weighted by atomic mass is 10.1. The number of hydrogen-bond acceptors (Lipinski definition) is 7. The van der Waals surface area contributed by atoms with E-state index in [2.05, 4.69) is 42.1 Å². The molecule has 1 fully saturated rings. The first kappa shape index (κ1) is 27.0. The summed E-state index contributed by atoms with van der Waals surface area (Å²) in [6.07, 6.45) is 2.80. The van der Waals surface area contributed by atoms with Crippen LogP contribution in [0, 0.1) is 18.8 Å². The Morgan fingerprint density at radius 3 is 2.62 bits per heavy atom. The van der Waals surface area contributed by atoms with E-state index in [9.17, 15) is 18.0 Å². The van der Waals surface area contributed by atoms with E-state index >= 15 is 0 Å². The smallest absolute Gasteiger partial charge is 0.378 e. The van der Waals surface area contributed by atoms with Gasteiger partial charge in [-0.05, 0) is 49.2 Å². The average Bonchev–Trinajstić information content (AvgIpc) is 3.61. The number of benzene rings is 1. The predicted molar refractivity (Wildman–Crippen MR) is 147 cm³/mol. The summed E-state index contributed by atoms with van der Waals surface area (Å²) in [5.41, 5.74) is 1.65. The number of ether oxygens (including phenoxy) is 1. The van der Waals surface area contributed by atoms with Gasteiger partial charge in [0.2, 0.25) is 0 Å². The van der Waals surface area contributed by atoms with E-state index in [-0.39, 0.29) is 16.9 Å². The van der Waals surface area contributed by atoms with E-state index in [0.29, 0.717) is 35.8 Å². The molecule has 1 saturated heterocycles. The summed E-state index contributed by atoms with van der Waals surface area (Å²) in [4.78, 5) is 27.7. The van der Waals surface area contributed by atoms with Gasteiger partial charge in [0.05, 0.1) is 42.6 Å². The van der Waals surface area contributed by atoms with Crippen LogP contribution in [0.1, 0.15) is 32.9 Å². The second-order valence-electron chi connectivity index (χ2n) is 9.56. The number of aryl methyl sites for hydroxylation is 1. The molecular formula is C29H23F3N8O2. The van der Waals surface area contributed by atoms with Crippen LogP contribution < -0.4 is 10.2 Å². The molecule has 6 rings (SSSR count). The van der Waals surface area contributed by atoms with Crippen molar-refractivity contribution in [2.24, 2.45) is 0 Å². The monoisotopic (exact) mass is 572 g/mol. The van der Waals surface area contributed by atoms with E-state index in [1.165, 1.54) is 35.4 Å². The quantitative estimate of drug-likeness (QED) is 0.323. The van der Waals surface area contributed by atoms with E-state index in [1.54, 1.807) is 23.8 Å². The van der Waals surface area contributed by atoms with Crippen molar-refractivity contribution in [1.82, 2.24) is 29.1 Å². The van der Waals surface area contributed by atoms with E-state index in [1.807, 2.05) is 12.1 Å². The number of anilines is 2. The minimum absolute atomic E-state index is 0.0273. The zero-order valence-corrected chi connectivity index (χ0v) is 22.3. The van der Waals surface area contributed by atoms with Crippen LogP contribution in [0.25, 0.3) is 11.3 Å². The fourth-order valence-corrected chi connectivity index (χ4v) is 4.44. The molecule has 0 bridgehead atoms. The highest BCUT2D eigenvalue weighted by Crippen LogP contribution is 2.33. The number of fused-ring (bicyclic) bond motifs is 1. The lowest BCUT2D eigenvalue weighted by Gasteiger charge is -2.27. The van der Waals surface area contributed by atoms with E-state index in [0.717, 1.165) is 31.0 Å². The molecule has 0 aliphatic carbocycles. The topological polar surface area (TPSA) is 102 Å². The average molecular weight is 573 g/mol. The van der Waals surface area contributed by atoms with Gasteiger partial charge in [-0.1, -0.05) is 5.92 Å². The van der Waals surface area contributed by atoms with Crippen LogP contribution in [0.15, 0.2) is 67.5 Å². The lowest BCUT2D eigenvalue weighted by Crippen LogP contribution is -2.37. The summed E-state index contributed by atoms with van der Waals surface area (Å²) >= 11 is 0. The van der Waals surface area contributed by atoms with Crippen LogP contribution >= 0.6 is 0 Å². The van der Waals surface area contributed by atoms with Gasteiger partial charge >= 0.3 is 6.18 Å². The number of amides is 1. The molecule has 1 N–H and O–H groups in total. The summed E-state index contributed by atoms with van der Waals surface area (Å²) in [6, 6.07) is 8.59. The number of imidazole rings is 2. The summed E-state index contributed by atoms with van der Waals surface area (Å²) in [5, 5.41) is 7.22. The molecule has 212 valence electrons. The number of aromatic nitrogens is 6. The van der Waals surface area contributed by atoms with Crippen molar-refractivity contribution in [2.75, 3.05) is 36.5 Å². The molecule has 42 heavy (non-hydrogen) atoms. The maximum atomic E-state index is 13.6. The molecule has 5 heterocycles. The molecule has 4 aromatic heterocycles. The SMILES string of the molecule is Cc1cn(-c2cc(NC(=O)c3cncc(C#Cc4cnc5ccc(N6CCOCC6)nn45)c3)cc(C(F)(F)F)c2)cn1. The fraction of sp³-hybridized carbons (Fsp3) is 0.207. The van der Waals surface area contributed by atoms with Crippen LogP contribution in [0.2, 0.25) is 0 Å². The molecule has 1 amide bonds. The highest BCUT2D eigenvalue weighted by Gasteiger charge is 2.31. The van der Waals surface area contributed by atoms with Crippen molar-refractivity contribution in [1.29, 1.82) is 0 Å². The van der Waals surface area contributed by atoms with Gasteiger partial charge < -0.3 is 19.5 Å². The van der Waals surface area contributed by atoms with Gasteiger partial charge in [-0.3, -0.25) is 9.78 Å². The summed E-state index contributed by atoms with van der Waals surface area (Å²) in [7, 11) is 0. The Morgan fingerprint density at radius 1 is 1.02 bits per heavy atom. The number of carbonyl (C=O) groups is 1. The maximum Gasteiger partial charge on any atom is 0.416 e. The van der Waals surface area contributed by atoms with Crippen LogP contribution in [-0.4, -0.2) is 61.3 Å². The summed E-state index contributed by atoms with van der Waals surface area (Å²) in [5.74, 6) is 6.15. The van der Waals surface area contributed by atoms with Crippen LogP contribution in [0.4, 0.5) is 24.7 Å². The van der Waals surface area contributed by atoms with Gasteiger partial charge in [0.1, 0.15) is 11.5 Å². The van der Waals surface area contributed by atoms with Gasteiger partial charge in [0.15, 0.2) is 5.65 Å². The number of pyridine rings is 1. The summed E-state index contributed by atoms with van der Waals surface area (Å²) in [6.45, 7) is 4.46. The highest BCUT2D eigenvalue weighted by molar-refractivity contribution is 6.04. The van der Waals surface area contributed by atoms with Crippen molar-refractivity contribution in [2.45, 2.75) is 13.1 Å². The van der Waals surface area contributed by atoms with Crippen molar-refractivity contribution < 1.29 is 22.7 Å². The molecule has 0 saturated carbocycles. The number of morpholine rings is 1. The Balaban J connectivity index is 1.24. The number of hydrogen-bond donors (Lipinski definition) is 1. The molecule has 0 unspecified atom stereocenters. The standard InChI is InChI=1S/C29H23F3N8O2/c1-19-17-39(18-35-19)25-12-22(29(30,31)32)11-23(13-25)36-28(41)21-10-20(14-33-15-21)2-3-24-16-34-26-4-5-27(37-40(24)26)38-6-8-42-9-7-38/h4-5,10-18H,6-9H2,1H3,(H,36,41). The zero-order valence-electron chi connectivity index (χ0n) is 22.3. The number of nitrogens with one attached hydrogen (secondary N) is 1. The number of nitrogens with zero attached hydrogens (tertiary/aromatic N) is 7. The van der Waals surface area contributed by atoms with Gasteiger partial charge in [-0.25, -0.2) is 14.5 Å². The number of carbonyl (C=O) groups excluding carboxylic acids is 1. The number of alkyl halides is 3. The van der Waals surface area contributed by atoms with Crippen LogP contribution in [0.5, 0.6) is 0 Å². The Hall–Kier alpha value is -5.22. The first-order chi connectivity index (χ1) is 20.2. The minimum atomic E-state index is -4.61. The molecule has 0 atom stereocenters. The van der Waals surface area contributed by atoms with Gasteiger partial charge in [-0.15, -0.1) is 5.10 Å². The van der Waals surface area contributed by atoms with Crippen molar-refractivity contribution in [3.05, 3.63) is 95.6 Å². The summed E-state index contributed by atoms with van der Waals surface area (Å²) < 4.78 is 49.4. The van der Waals surface area contributed by atoms with E-state index in [4.69, 9.17) is 4.74 Å². The molecule has 0 radical (unpaired) electrons. The van der Waals surface area contributed by atoms with Gasteiger partial charge in [0, 0.05) is 48.6 Å². The zero-order chi connectivity index (χ0) is 29.3. The molecule has 1 aromatic carbocycles. The van der Waals surface area contributed by atoms with Crippen LogP contribution in [-0.2, 0) is 10.9 Å². The molecule has 1 aliphatic rings. The van der Waals surface area contributed by atoms with Crippen LogP contribution in [0.3, 0.4) is 0 Å². The van der Waals surface area contributed by atoms with Crippen molar-refractivity contribution in [3.8, 4) is 17.5 Å². The molecule has 1 aliphatic heterocycles. The Bertz CT molecular complexity index is 1840. The second kappa shape index (κ2) is 11.0.